The highest BCUT2D eigenvalue weighted by molar-refractivity contribution is 5.89. The first-order valence-electron chi connectivity index (χ1n) is 7.44. The molecule has 0 bridgehead atoms. The van der Waals surface area contributed by atoms with Crippen molar-refractivity contribution >= 4 is 28.5 Å². The topological polar surface area (TPSA) is 98.5 Å². The minimum Gasteiger partial charge on any atom is -0.427 e. The zero-order valence-corrected chi connectivity index (χ0v) is 13.5. The summed E-state index contributed by atoms with van der Waals surface area (Å²) in [6.07, 6.45) is 0. The smallest absolute Gasteiger partial charge is 0.347 e. The molecule has 0 fully saturated rings. The van der Waals surface area contributed by atoms with Gasteiger partial charge in [0.25, 0.3) is 0 Å². The van der Waals surface area contributed by atoms with Gasteiger partial charge in [-0.2, -0.15) is 0 Å². The highest BCUT2D eigenvalue weighted by Crippen LogP contribution is 2.23. The number of aromatic nitrogens is 1. The molecule has 25 heavy (non-hydrogen) atoms. The molecule has 1 N–H and O–H groups in total. The van der Waals surface area contributed by atoms with E-state index in [-0.39, 0.29) is 22.9 Å². The first kappa shape index (κ1) is 16.4. The van der Waals surface area contributed by atoms with Crippen LogP contribution in [0.4, 0.5) is 5.69 Å². The number of amides is 1. The number of hydrogen-bond acceptors (Lipinski definition) is 6. The Morgan fingerprint density at radius 2 is 1.80 bits per heavy atom. The molecule has 1 heterocycles. The normalized spacial score (nSPS) is 10.5. The van der Waals surface area contributed by atoms with E-state index in [4.69, 9.17) is 9.15 Å². The summed E-state index contributed by atoms with van der Waals surface area (Å²) in [5.41, 5.74) is 1.07. The van der Waals surface area contributed by atoms with Crippen LogP contribution in [0, 0.1) is 0 Å². The fourth-order valence-electron chi connectivity index (χ4n) is 2.30. The van der Waals surface area contributed by atoms with Crippen molar-refractivity contribution in [2.24, 2.45) is 0 Å². The predicted octanol–water partition coefficient (Wildman–Crippen LogP) is 2.74. The molecule has 7 heteroatoms. The van der Waals surface area contributed by atoms with Crippen LogP contribution in [0.25, 0.3) is 22.4 Å². The molecule has 7 nitrogen and oxygen atoms in total. The van der Waals surface area contributed by atoms with Gasteiger partial charge in [0, 0.05) is 25.1 Å². The molecule has 1 aromatic heterocycles. The third-order valence-corrected chi connectivity index (χ3v) is 3.31. The van der Waals surface area contributed by atoms with Gasteiger partial charge in [-0.05, 0) is 42.5 Å². The second-order valence-corrected chi connectivity index (χ2v) is 5.34. The molecule has 0 atom stereocenters. The Morgan fingerprint density at radius 1 is 1.08 bits per heavy atom. The molecule has 2 aromatic carbocycles. The molecule has 1 amide bonds. The number of esters is 1. The van der Waals surface area contributed by atoms with Crippen LogP contribution in [-0.4, -0.2) is 16.9 Å². The number of benzene rings is 2. The van der Waals surface area contributed by atoms with Gasteiger partial charge in [-0.3, -0.25) is 9.59 Å². The fraction of sp³-hybridized carbons (Fsp3) is 0.111. The number of anilines is 1. The van der Waals surface area contributed by atoms with Crippen molar-refractivity contribution in [3.8, 4) is 17.2 Å². The van der Waals surface area contributed by atoms with E-state index < -0.39 is 11.6 Å². The number of carbonyl (C=O) groups excluding carboxylic acids is 2. The minimum absolute atomic E-state index is 0.159. The second-order valence-electron chi connectivity index (χ2n) is 5.34. The summed E-state index contributed by atoms with van der Waals surface area (Å²) in [5, 5.41) is 2.87. The van der Waals surface area contributed by atoms with Crippen LogP contribution in [-0.2, 0) is 9.59 Å². The molecule has 126 valence electrons. The summed E-state index contributed by atoms with van der Waals surface area (Å²) < 4.78 is 10.2. The molecule has 0 aliphatic rings. The monoisotopic (exact) mass is 338 g/mol. The molecular weight excluding hydrogens is 324 g/mol. The molecule has 0 unspecified atom stereocenters. The third-order valence-electron chi connectivity index (χ3n) is 3.31. The maximum atomic E-state index is 12.2. The van der Waals surface area contributed by atoms with Crippen LogP contribution in [0.1, 0.15) is 13.8 Å². The van der Waals surface area contributed by atoms with E-state index in [0.717, 1.165) is 0 Å². The molecule has 0 saturated carbocycles. The minimum atomic E-state index is -0.583. The van der Waals surface area contributed by atoms with E-state index in [9.17, 15) is 14.4 Å². The van der Waals surface area contributed by atoms with Crippen molar-refractivity contribution < 1.29 is 18.7 Å². The summed E-state index contributed by atoms with van der Waals surface area (Å²) in [6, 6.07) is 11.3. The van der Waals surface area contributed by atoms with Gasteiger partial charge in [0.15, 0.2) is 0 Å². The van der Waals surface area contributed by atoms with Crippen LogP contribution in [0.3, 0.4) is 0 Å². The molecule has 0 aliphatic heterocycles. The van der Waals surface area contributed by atoms with Crippen LogP contribution < -0.4 is 15.7 Å². The Labute approximate surface area is 142 Å². The lowest BCUT2D eigenvalue weighted by Gasteiger charge is -2.05. The first-order chi connectivity index (χ1) is 11.9. The number of carbonyl (C=O) groups is 2. The van der Waals surface area contributed by atoms with Gasteiger partial charge < -0.3 is 14.5 Å². The lowest BCUT2D eigenvalue weighted by molar-refractivity contribution is -0.131. The summed E-state index contributed by atoms with van der Waals surface area (Å²) in [4.78, 5) is 38.6. The van der Waals surface area contributed by atoms with Crippen molar-refractivity contribution in [1.82, 2.24) is 4.98 Å². The number of nitrogens with one attached hydrogen (secondary N) is 1. The van der Waals surface area contributed by atoms with E-state index in [1.54, 1.807) is 36.4 Å². The Balaban J connectivity index is 1.99. The Bertz CT molecular complexity index is 1020. The number of fused-ring (bicyclic) bond motifs is 1. The summed E-state index contributed by atoms with van der Waals surface area (Å²) >= 11 is 0. The van der Waals surface area contributed by atoms with Gasteiger partial charge in [0.2, 0.25) is 11.8 Å². The van der Waals surface area contributed by atoms with E-state index in [1.165, 1.54) is 19.9 Å². The first-order valence-corrected chi connectivity index (χ1v) is 7.44. The SMILES string of the molecule is CC(=O)Nc1ccc(-c2nc3ccc(OC(C)=O)cc3c(=O)o2)cc1. The maximum Gasteiger partial charge on any atom is 0.347 e. The van der Waals surface area contributed by atoms with Crippen molar-refractivity contribution in [2.45, 2.75) is 13.8 Å². The molecule has 0 aliphatic carbocycles. The van der Waals surface area contributed by atoms with Gasteiger partial charge in [-0.1, -0.05) is 0 Å². The average Bonchev–Trinajstić information content (AvgIpc) is 2.55. The zero-order chi connectivity index (χ0) is 18.0. The second kappa shape index (κ2) is 6.56. The summed E-state index contributed by atoms with van der Waals surface area (Å²) in [7, 11) is 0. The number of rotatable bonds is 3. The van der Waals surface area contributed by atoms with Crippen molar-refractivity contribution in [1.29, 1.82) is 0 Å². The molecule has 0 spiro atoms. The Morgan fingerprint density at radius 3 is 2.44 bits per heavy atom. The van der Waals surface area contributed by atoms with Crippen LogP contribution >= 0.6 is 0 Å². The third kappa shape index (κ3) is 3.72. The van der Waals surface area contributed by atoms with Gasteiger partial charge in [0.05, 0.1) is 10.9 Å². The lowest BCUT2D eigenvalue weighted by atomic mass is 10.2. The molecule has 0 radical (unpaired) electrons. The van der Waals surface area contributed by atoms with Gasteiger partial charge in [-0.15, -0.1) is 0 Å². The number of hydrogen-bond donors (Lipinski definition) is 1. The van der Waals surface area contributed by atoms with Crippen LogP contribution in [0.15, 0.2) is 51.7 Å². The van der Waals surface area contributed by atoms with Gasteiger partial charge in [0.1, 0.15) is 5.75 Å². The summed E-state index contributed by atoms with van der Waals surface area (Å²) in [6.45, 7) is 2.70. The molecule has 3 rings (SSSR count). The highest BCUT2D eigenvalue weighted by atomic mass is 16.5. The zero-order valence-electron chi connectivity index (χ0n) is 13.5. The van der Waals surface area contributed by atoms with E-state index >= 15 is 0 Å². The van der Waals surface area contributed by atoms with Gasteiger partial charge in [-0.25, -0.2) is 9.78 Å². The number of ether oxygens (including phenoxy) is 1. The maximum absolute atomic E-state index is 12.2. The predicted molar refractivity (Wildman–Crippen MR) is 91.3 cm³/mol. The standard InChI is InChI=1S/C18H14N2O5/c1-10(21)19-13-5-3-12(4-6-13)17-20-16-8-7-14(24-11(2)22)9-15(16)18(23)25-17/h3-9H,1-2H3,(H,19,21). The molecular formula is C18H14N2O5. The highest BCUT2D eigenvalue weighted by Gasteiger charge is 2.10. The van der Waals surface area contributed by atoms with Crippen molar-refractivity contribution in [3.05, 3.63) is 52.9 Å². The van der Waals surface area contributed by atoms with Crippen LogP contribution in [0.5, 0.6) is 5.75 Å². The van der Waals surface area contributed by atoms with Crippen molar-refractivity contribution in [2.75, 3.05) is 5.32 Å². The molecule has 0 saturated heterocycles. The molecule has 3 aromatic rings. The van der Waals surface area contributed by atoms with Crippen molar-refractivity contribution in [3.63, 3.8) is 0 Å². The van der Waals surface area contributed by atoms with E-state index in [2.05, 4.69) is 10.3 Å². The number of nitrogens with zero attached hydrogens (tertiary/aromatic N) is 1. The van der Waals surface area contributed by atoms with Gasteiger partial charge >= 0.3 is 11.6 Å². The van der Waals surface area contributed by atoms with E-state index in [0.29, 0.717) is 16.8 Å². The Hall–Kier alpha value is -3.48. The lowest BCUT2D eigenvalue weighted by Crippen LogP contribution is -2.06. The Kier molecular flexibility index (Phi) is 4.30. The summed E-state index contributed by atoms with van der Waals surface area (Å²) in [5.74, 6) is -0.243. The average molecular weight is 338 g/mol. The fourth-order valence-corrected chi connectivity index (χ4v) is 2.30. The van der Waals surface area contributed by atoms with Crippen LogP contribution in [0.2, 0.25) is 0 Å². The largest absolute Gasteiger partial charge is 0.427 e. The quantitative estimate of drug-likeness (QED) is 0.582. The van der Waals surface area contributed by atoms with E-state index in [1.807, 2.05) is 0 Å².